The van der Waals surface area contributed by atoms with E-state index in [0.717, 1.165) is 44.9 Å². The fourth-order valence-corrected chi connectivity index (χ4v) is 12.1. The summed E-state index contributed by atoms with van der Waals surface area (Å²) < 4.78 is 3.98. The van der Waals surface area contributed by atoms with E-state index >= 15 is 0 Å². The molecule has 59 heavy (non-hydrogen) atoms. The first-order chi connectivity index (χ1) is 29.1. The molecule has 6 aliphatic carbocycles. The maximum absolute atomic E-state index is 2.59. The Morgan fingerprint density at radius 2 is 1.53 bits per heavy atom. The van der Waals surface area contributed by atoms with Gasteiger partial charge in [0.15, 0.2) is 0 Å². The van der Waals surface area contributed by atoms with Gasteiger partial charge in [-0.25, -0.2) is 0 Å². The van der Waals surface area contributed by atoms with Gasteiger partial charge < -0.3 is 4.57 Å². The monoisotopic (exact) mass is 777 g/mol. The second-order valence-corrected chi connectivity index (χ2v) is 18.7. The Bertz CT molecular complexity index is 3030. The first-order valence-corrected chi connectivity index (χ1v) is 22.5. The van der Waals surface area contributed by atoms with Gasteiger partial charge in [-0.05, 0) is 119 Å². The Balaban J connectivity index is 0.944. The van der Waals surface area contributed by atoms with E-state index in [9.17, 15) is 0 Å². The summed E-state index contributed by atoms with van der Waals surface area (Å²) in [6.07, 6.45) is 43.0. The second-order valence-electron chi connectivity index (χ2n) is 17.5. The number of benzene rings is 4. The fourth-order valence-electron chi connectivity index (χ4n) is 10.8. The third-order valence-electron chi connectivity index (χ3n) is 14.1. The molecule has 2 aromatic heterocycles. The van der Waals surface area contributed by atoms with Gasteiger partial charge in [-0.2, -0.15) is 0 Å². The van der Waals surface area contributed by atoms with Crippen molar-refractivity contribution in [3.63, 3.8) is 0 Å². The van der Waals surface area contributed by atoms with Crippen molar-refractivity contribution >= 4 is 50.6 Å². The molecule has 3 unspecified atom stereocenters. The summed E-state index contributed by atoms with van der Waals surface area (Å²) in [4.78, 5) is 1.53. The van der Waals surface area contributed by atoms with Crippen molar-refractivity contribution in [3.05, 3.63) is 201 Å². The SMILES string of the molecule is CC1(C2=Cc3c(n(-c4ccc5c6c(sc5c4)CCC=C6)c4ccc(-c5ccc(-c6cccc7c6C=CCC7)cc5)cc34)CC2)C=CC(C2=CC=CC3C=CC=CC23)=CC1. The Labute approximate surface area is 351 Å². The number of aryl methyl sites for hydroxylation is 2. The molecule has 0 saturated carbocycles. The fraction of sp³-hybridized carbons (Fsp3) is 0.193. The lowest BCUT2D eigenvalue weighted by atomic mass is 9.69. The smallest absolute Gasteiger partial charge is 0.0538 e. The minimum atomic E-state index is -0.0237. The summed E-state index contributed by atoms with van der Waals surface area (Å²) in [6, 6.07) is 30.5. The van der Waals surface area contributed by atoms with Crippen molar-refractivity contribution in [2.24, 2.45) is 17.3 Å². The van der Waals surface area contributed by atoms with Crippen LogP contribution in [0.5, 0.6) is 0 Å². The Morgan fingerprint density at radius 1 is 0.695 bits per heavy atom. The zero-order valence-electron chi connectivity index (χ0n) is 33.6. The molecule has 4 aromatic carbocycles. The van der Waals surface area contributed by atoms with Crippen LogP contribution in [0.15, 0.2) is 168 Å². The summed E-state index contributed by atoms with van der Waals surface area (Å²) >= 11 is 1.99. The number of nitrogens with zero attached hydrogens (tertiary/aromatic N) is 1. The summed E-state index contributed by atoms with van der Waals surface area (Å²) in [5.41, 5.74) is 19.1. The summed E-state index contributed by atoms with van der Waals surface area (Å²) in [5, 5.41) is 2.74. The van der Waals surface area contributed by atoms with E-state index in [-0.39, 0.29) is 5.41 Å². The van der Waals surface area contributed by atoms with Gasteiger partial charge >= 0.3 is 0 Å². The molecule has 0 spiro atoms. The molecular formula is C57H47NS. The van der Waals surface area contributed by atoms with Crippen molar-refractivity contribution in [1.82, 2.24) is 4.57 Å². The minimum Gasteiger partial charge on any atom is -0.313 e. The Hall–Kier alpha value is -5.96. The molecule has 6 aromatic rings. The molecule has 12 rings (SSSR count). The molecule has 6 aliphatic rings. The quantitative estimate of drug-likeness (QED) is 0.164. The van der Waals surface area contributed by atoms with E-state index in [4.69, 9.17) is 0 Å². The molecule has 286 valence electrons. The summed E-state index contributed by atoms with van der Waals surface area (Å²) in [7, 11) is 0. The van der Waals surface area contributed by atoms with E-state index in [1.807, 2.05) is 11.3 Å². The third-order valence-corrected chi connectivity index (χ3v) is 15.3. The molecule has 2 heteroatoms. The lowest BCUT2D eigenvalue weighted by Crippen LogP contribution is -2.22. The van der Waals surface area contributed by atoms with Crippen LogP contribution in [0.1, 0.15) is 65.4 Å². The zero-order valence-corrected chi connectivity index (χ0v) is 34.4. The molecular weight excluding hydrogens is 731 g/mol. The summed E-state index contributed by atoms with van der Waals surface area (Å²) in [6.45, 7) is 2.46. The van der Waals surface area contributed by atoms with Gasteiger partial charge in [0.2, 0.25) is 0 Å². The van der Waals surface area contributed by atoms with Crippen LogP contribution in [0.25, 0.3) is 67.2 Å². The average molecular weight is 778 g/mol. The number of aromatic nitrogens is 1. The number of thiophene rings is 1. The zero-order chi connectivity index (χ0) is 39.1. The summed E-state index contributed by atoms with van der Waals surface area (Å²) in [5.74, 6) is 0.880. The lowest BCUT2D eigenvalue weighted by molar-refractivity contribution is 0.493. The molecule has 0 amide bonds. The van der Waals surface area contributed by atoms with Gasteiger partial charge in [-0.3, -0.25) is 0 Å². The van der Waals surface area contributed by atoms with Crippen molar-refractivity contribution < 1.29 is 0 Å². The lowest BCUT2D eigenvalue weighted by Gasteiger charge is -2.35. The standard InChI is InChI=1S/C57H47NS/c1-57(32-30-41(31-33-57)48-18-9-13-39-11-3-5-15-46(39)48)43-25-29-54-52(35-43)51-34-42(37-20-22-40(23-21-37)47-17-8-12-38-10-2-4-14-45(38)47)24-28-53(51)58(54)44-26-27-50-49-16-6-7-19-55(49)59-56(50)36-44/h3-6,8-9,11-18,20-24,26-28,30-32,34-36,39,46H,2,7,10,19,25,29,33H2,1H3. The predicted octanol–water partition coefficient (Wildman–Crippen LogP) is 15.2. The van der Waals surface area contributed by atoms with Gasteiger partial charge in [-0.1, -0.05) is 158 Å². The molecule has 3 atom stereocenters. The van der Waals surface area contributed by atoms with Crippen LogP contribution in [0.4, 0.5) is 0 Å². The van der Waals surface area contributed by atoms with Crippen LogP contribution in [-0.2, 0) is 19.3 Å². The van der Waals surface area contributed by atoms with Crippen molar-refractivity contribution in [3.8, 4) is 27.9 Å². The third kappa shape index (κ3) is 5.79. The van der Waals surface area contributed by atoms with Crippen LogP contribution in [-0.4, -0.2) is 4.57 Å². The number of rotatable bonds is 5. The van der Waals surface area contributed by atoms with E-state index < -0.39 is 0 Å². The first kappa shape index (κ1) is 35.0. The van der Waals surface area contributed by atoms with Crippen LogP contribution in [0.3, 0.4) is 0 Å². The molecule has 0 fully saturated rings. The Morgan fingerprint density at radius 3 is 2.42 bits per heavy atom. The van der Waals surface area contributed by atoms with Crippen LogP contribution < -0.4 is 0 Å². The number of fused-ring (bicyclic) bond motifs is 8. The molecule has 2 heterocycles. The maximum atomic E-state index is 2.59. The van der Waals surface area contributed by atoms with Crippen molar-refractivity contribution in [1.29, 1.82) is 0 Å². The number of allylic oxidation sites excluding steroid dienone is 15. The first-order valence-electron chi connectivity index (χ1n) is 21.7. The van der Waals surface area contributed by atoms with E-state index in [2.05, 4.69) is 181 Å². The molecule has 0 bridgehead atoms. The maximum Gasteiger partial charge on any atom is 0.0538 e. The highest BCUT2D eigenvalue weighted by Gasteiger charge is 2.33. The minimum absolute atomic E-state index is 0.0237. The molecule has 0 radical (unpaired) electrons. The highest BCUT2D eigenvalue weighted by molar-refractivity contribution is 7.19. The molecule has 0 saturated heterocycles. The molecule has 1 nitrogen and oxygen atoms in total. The molecule has 0 N–H and O–H groups in total. The van der Waals surface area contributed by atoms with Gasteiger partial charge in [0.1, 0.15) is 0 Å². The molecule has 0 aliphatic heterocycles. The second kappa shape index (κ2) is 13.8. The van der Waals surface area contributed by atoms with E-state index in [0.29, 0.717) is 11.8 Å². The predicted molar refractivity (Wildman–Crippen MR) is 253 cm³/mol. The van der Waals surface area contributed by atoms with Crippen LogP contribution in [0.2, 0.25) is 0 Å². The van der Waals surface area contributed by atoms with E-state index in [1.165, 1.54) is 98.5 Å². The Kier molecular flexibility index (Phi) is 8.20. The van der Waals surface area contributed by atoms with Crippen LogP contribution >= 0.6 is 11.3 Å². The van der Waals surface area contributed by atoms with Crippen molar-refractivity contribution in [2.75, 3.05) is 0 Å². The van der Waals surface area contributed by atoms with Gasteiger partial charge in [0.25, 0.3) is 0 Å². The normalized spacial score (nSPS) is 22.5. The van der Waals surface area contributed by atoms with Crippen LogP contribution in [0, 0.1) is 17.3 Å². The average Bonchev–Trinajstić information content (AvgIpc) is 3.83. The van der Waals surface area contributed by atoms with Gasteiger partial charge in [0.05, 0.1) is 5.52 Å². The topological polar surface area (TPSA) is 4.93 Å². The van der Waals surface area contributed by atoms with E-state index in [1.54, 1.807) is 0 Å². The highest BCUT2D eigenvalue weighted by atomic mass is 32.1. The largest absolute Gasteiger partial charge is 0.313 e. The van der Waals surface area contributed by atoms with Gasteiger partial charge in [-0.15, -0.1) is 11.3 Å². The van der Waals surface area contributed by atoms with Gasteiger partial charge in [0, 0.05) is 54.5 Å². The highest BCUT2D eigenvalue weighted by Crippen LogP contribution is 2.48. The number of hydrogen-bond donors (Lipinski definition) is 0. The van der Waals surface area contributed by atoms with Crippen molar-refractivity contribution in [2.45, 2.75) is 51.9 Å². The number of hydrogen-bond acceptors (Lipinski definition) is 1.